The van der Waals surface area contributed by atoms with Gasteiger partial charge in [0.15, 0.2) is 11.6 Å². The van der Waals surface area contributed by atoms with Crippen LogP contribution < -0.4 is 11.1 Å². The first-order valence-corrected chi connectivity index (χ1v) is 4.16. The van der Waals surface area contributed by atoms with Crippen LogP contribution in [0.1, 0.15) is 0 Å². The van der Waals surface area contributed by atoms with Crippen molar-refractivity contribution in [3.8, 4) is 0 Å². The summed E-state index contributed by atoms with van der Waals surface area (Å²) in [7, 11) is 0. The van der Waals surface area contributed by atoms with Gasteiger partial charge < -0.3 is 16.2 Å². The molecule has 0 aliphatic carbocycles. The second-order valence-electron chi connectivity index (χ2n) is 2.08. The second-order valence-corrected chi connectivity index (χ2v) is 2.89. The molecule has 0 aliphatic heterocycles. The Morgan fingerprint density at radius 1 is 1.67 bits per heavy atom. The number of anilines is 2. The minimum Gasteiger partial charge on any atom is -0.395 e. The Labute approximate surface area is 78.2 Å². The van der Waals surface area contributed by atoms with Gasteiger partial charge in [-0.3, -0.25) is 0 Å². The predicted octanol–water partition coefficient (Wildman–Crippen LogP) is 0.225. The summed E-state index contributed by atoms with van der Waals surface area (Å²) in [6.45, 7) is 0.447. The fourth-order valence-corrected chi connectivity index (χ4v) is 0.961. The summed E-state index contributed by atoms with van der Waals surface area (Å²) in [4.78, 5) is 7.87. The van der Waals surface area contributed by atoms with E-state index in [4.69, 9.17) is 10.8 Å². The van der Waals surface area contributed by atoms with Crippen LogP contribution in [0.4, 0.5) is 11.6 Å². The first-order valence-electron chi connectivity index (χ1n) is 3.37. The number of aliphatic hydroxyl groups excluding tert-OH is 1. The number of aromatic nitrogens is 2. The summed E-state index contributed by atoms with van der Waals surface area (Å²) in [6.07, 6.45) is 1.51. The number of nitrogens with two attached hydrogens (primary N) is 1. The number of nitrogens with zero attached hydrogens (tertiary/aromatic N) is 2. The van der Waals surface area contributed by atoms with Crippen LogP contribution in [0, 0.1) is 0 Å². The minimum atomic E-state index is 0.0354. The lowest BCUT2D eigenvalue weighted by Gasteiger charge is -2.05. The standard InChI is InChI=1S/C6H9BrN4O/c7-4-3-10-5(8)6(11-4)9-1-2-12/h3,12H,1-2H2,(H2,8,10)(H,9,11). The molecule has 0 unspecified atom stereocenters. The molecule has 0 amide bonds. The number of rotatable bonds is 3. The van der Waals surface area contributed by atoms with Crippen LogP contribution in [0.3, 0.4) is 0 Å². The summed E-state index contributed by atoms with van der Waals surface area (Å²) < 4.78 is 0.608. The molecule has 4 N–H and O–H groups in total. The van der Waals surface area contributed by atoms with E-state index in [0.717, 1.165) is 0 Å². The van der Waals surface area contributed by atoms with Gasteiger partial charge in [-0.05, 0) is 15.9 Å². The Morgan fingerprint density at radius 2 is 2.42 bits per heavy atom. The number of halogens is 1. The first kappa shape index (κ1) is 9.21. The predicted molar refractivity (Wildman–Crippen MR) is 49.7 cm³/mol. The van der Waals surface area contributed by atoms with Gasteiger partial charge >= 0.3 is 0 Å². The van der Waals surface area contributed by atoms with Crippen molar-refractivity contribution in [1.82, 2.24) is 9.97 Å². The quantitative estimate of drug-likeness (QED) is 0.695. The van der Waals surface area contributed by atoms with Crippen molar-refractivity contribution in [2.45, 2.75) is 0 Å². The average Bonchev–Trinajstić information content (AvgIpc) is 2.07. The Balaban J connectivity index is 2.75. The highest BCUT2D eigenvalue weighted by Crippen LogP contribution is 2.14. The maximum absolute atomic E-state index is 8.52. The summed E-state index contributed by atoms with van der Waals surface area (Å²) in [5, 5.41) is 11.3. The average molecular weight is 233 g/mol. The van der Waals surface area contributed by atoms with Crippen molar-refractivity contribution in [3.63, 3.8) is 0 Å². The second kappa shape index (κ2) is 4.22. The molecule has 0 atom stereocenters. The monoisotopic (exact) mass is 232 g/mol. The highest BCUT2D eigenvalue weighted by molar-refractivity contribution is 9.10. The van der Waals surface area contributed by atoms with Gasteiger partial charge in [0.25, 0.3) is 0 Å². The van der Waals surface area contributed by atoms with Crippen LogP contribution in [-0.4, -0.2) is 28.2 Å². The van der Waals surface area contributed by atoms with Crippen LogP contribution >= 0.6 is 15.9 Å². The first-order chi connectivity index (χ1) is 5.74. The lowest BCUT2D eigenvalue weighted by Crippen LogP contribution is -2.10. The summed E-state index contributed by atoms with van der Waals surface area (Å²) in [5.41, 5.74) is 5.49. The number of hydrogen-bond acceptors (Lipinski definition) is 5. The molecule has 1 aromatic heterocycles. The highest BCUT2D eigenvalue weighted by atomic mass is 79.9. The molecule has 0 bridgehead atoms. The van der Waals surface area contributed by atoms with Gasteiger partial charge in [-0.15, -0.1) is 0 Å². The van der Waals surface area contributed by atoms with Gasteiger partial charge in [-0.1, -0.05) is 0 Å². The third-order valence-electron chi connectivity index (χ3n) is 1.18. The third-order valence-corrected chi connectivity index (χ3v) is 1.56. The zero-order valence-corrected chi connectivity index (χ0v) is 7.87. The Hall–Kier alpha value is -0.880. The number of nitrogen functional groups attached to an aromatic ring is 1. The van der Waals surface area contributed by atoms with E-state index in [1.54, 1.807) is 0 Å². The molecule has 66 valence electrons. The maximum Gasteiger partial charge on any atom is 0.170 e. The van der Waals surface area contributed by atoms with Crippen LogP contribution in [0.15, 0.2) is 10.8 Å². The summed E-state index contributed by atoms with van der Waals surface area (Å²) in [6, 6.07) is 0. The van der Waals surface area contributed by atoms with Crippen molar-refractivity contribution in [1.29, 1.82) is 0 Å². The number of hydrogen-bond donors (Lipinski definition) is 3. The lowest BCUT2D eigenvalue weighted by molar-refractivity contribution is 0.311. The molecule has 1 rings (SSSR count). The molecule has 0 radical (unpaired) electrons. The Bertz CT molecular complexity index is 268. The molecule has 12 heavy (non-hydrogen) atoms. The highest BCUT2D eigenvalue weighted by Gasteiger charge is 2.00. The molecule has 6 heteroatoms. The van der Waals surface area contributed by atoms with E-state index in [-0.39, 0.29) is 6.61 Å². The van der Waals surface area contributed by atoms with Gasteiger partial charge in [0.1, 0.15) is 4.60 Å². The SMILES string of the molecule is Nc1ncc(Br)nc1NCCO. The molecule has 0 aromatic carbocycles. The fraction of sp³-hybridized carbons (Fsp3) is 0.333. The van der Waals surface area contributed by atoms with E-state index in [1.165, 1.54) is 6.20 Å². The van der Waals surface area contributed by atoms with Crippen molar-refractivity contribution >= 4 is 27.6 Å². The fourth-order valence-electron chi connectivity index (χ4n) is 0.681. The number of aliphatic hydroxyl groups is 1. The lowest BCUT2D eigenvalue weighted by atomic mass is 10.5. The van der Waals surface area contributed by atoms with Gasteiger partial charge in [0.2, 0.25) is 0 Å². The molecule has 0 spiro atoms. The largest absolute Gasteiger partial charge is 0.395 e. The topological polar surface area (TPSA) is 84.1 Å². The van der Waals surface area contributed by atoms with E-state index in [2.05, 4.69) is 31.2 Å². The Morgan fingerprint density at radius 3 is 3.08 bits per heavy atom. The van der Waals surface area contributed by atoms with Gasteiger partial charge in [0, 0.05) is 6.54 Å². The molecule has 1 aromatic rings. The normalized spacial score (nSPS) is 9.83. The van der Waals surface area contributed by atoms with Gasteiger partial charge in [0.05, 0.1) is 12.8 Å². The van der Waals surface area contributed by atoms with Crippen molar-refractivity contribution < 1.29 is 5.11 Å². The van der Waals surface area contributed by atoms with E-state index in [1.807, 2.05) is 0 Å². The van der Waals surface area contributed by atoms with Crippen LogP contribution in [0.5, 0.6) is 0 Å². The van der Waals surface area contributed by atoms with Crippen molar-refractivity contribution in [2.75, 3.05) is 24.2 Å². The molecule has 0 fully saturated rings. The van der Waals surface area contributed by atoms with E-state index in [0.29, 0.717) is 22.8 Å². The zero-order valence-electron chi connectivity index (χ0n) is 6.29. The minimum absolute atomic E-state index is 0.0354. The molecule has 5 nitrogen and oxygen atoms in total. The van der Waals surface area contributed by atoms with Crippen molar-refractivity contribution in [2.24, 2.45) is 0 Å². The number of nitrogens with one attached hydrogen (secondary N) is 1. The van der Waals surface area contributed by atoms with E-state index >= 15 is 0 Å². The van der Waals surface area contributed by atoms with Crippen LogP contribution in [0.2, 0.25) is 0 Å². The molecular formula is C6H9BrN4O. The summed E-state index contributed by atoms with van der Waals surface area (Å²) >= 11 is 3.16. The van der Waals surface area contributed by atoms with Crippen LogP contribution in [-0.2, 0) is 0 Å². The van der Waals surface area contributed by atoms with E-state index in [9.17, 15) is 0 Å². The van der Waals surface area contributed by atoms with Gasteiger partial charge in [-0.25, -0.2) is 9.97 Å². The summed E-state index contributed by atoms with van der Waals surface area (Å²) in [5.74, 6) is 0.810. The Kier molecular flexibility index (Phi) is 3.24. The molecular weight excluding hydrogens is 224 g/mol. The third kappa shape index (κ3) is 2.31. The molecule has 0 saturated carbocycles. The molecule has 1 heterocycles. The van der Waals surface area contributed by atoms with Crippen molar-refractivity contribution in [3.05, 3.63) is 10.8 Å². The smallest absolute Gasteiger partial charge is 0.170 e. The van der Waals surface area contributed by atoms with Crippen LogP contribution in [0.25, 0.3) is 0 Å². The van der Waals surface area contributed by atoms with Gasteiger partial charge in [-0.2, -0.15) is 0 Å². The molecule has 0 saturated heterocycles. The zero-order chi connectivity index (χ0) is 8.97. The molecule has 0 aliphatic rings. The van der Waals surface area contributed by atoms with E-state index < -0.39 is 0 Å². The maximum atomic E-state index is 8.52.